The van der Waals surface area contributed by atoms with Crippen molar-refractivity contribution in [1.82, 2.24) is 5.32 Å². The van der Waals surface area contributed by atoms with Crippen molar-refractivity contribution in [2.45, 2.75) is 12.8 Å². The van der Waals surface area contributed by atoms with Gasteiger partial charge in [0.1, 0.15) is 7.28 Å². The summed E-state index contributed by atoms with van der Waals surface area (Å²) in [5.41, 5.74) is 0. The van der Waals surface area contributed by atoms with E-state index in [-0.39, 0.29) is 0 Å². The molecule has 0 bridgehead atoms. The second-order valence-corrected chi connectivity index (χ2v) is 1.44. The Hall–Kier alpha value is -0.505. The maximum atomic E-state index is 10.1. The normalized spacial score (nSPS) is 12.8. The lowest BCUT2D eigenvalue weighted by molar-refractivity contribution is -0.137. The molecule has 0 aromatic carbocycles. The van der Waals surface area contributed by atoms with Gasteiger partial charge in [-0.05, 0) is 7.05 Å². The fraction of sp³-hybridized carbons (Fsp3) is 0.750. The first-order valence-electron chi connectivity index (χ1n) is 2.42. The average molecular weight is 114 g/mol. The highest BCUT2D eigenvalue weighted by Crippen LogP contribution is 1.76. The molecule has 0 heterocycles. The maximum Gasteiger partial charge on any atom is 0.311 e. The Morgan fingerprint density at radius 1 is 1.88 bits per heavy atom. The Morgan fingerprint density at radius 3 is 2.38 bits per heavy atom. The molecule has 0 aliphatic rings. The van der Waals surface area contributed by atoms with Crippen molar-refractivity contribution in [2.75, 3.05) is 7.05 Å². The van der Waals surface area contributed by atoms with Crippen molar-refractivity contribution >= 4 is 13.2 Å². The molecule has 0 aliphatic heterocycles. The predicted octanol–water partition coefficient (Wildman–Crippen LogP) is -0.631. The number of hydrogen-bond donors (Lipinski definition) is 2. The third kappa shape index (κ3) is 1.98. The summed E-state index contributed by atoms with van der Waals surface area (Å²) < 4.78 is 0. The second kappa shape index (κ2) is 3.49. The summed E-state index contributed by atoms with van der Waals surface area (Å²) >= 11 is 0. The molecule has 0 spiro atoms. The molecule has 0 aromatic heterocycles. The zero-order valence-electron chi connectivity index (χ0n) is 5.01. The van der Waals surface area contributed by atoms with E-state index in [4.69, 9.17) is 5.11 Å². The third-order valence-corrected chi connectivity index (χ3v) is 0.910. The van der Waals surface area contributed by atoms with Crippen LogP contribution in [0.1, 0.15) is 0 Å². The summed E-state index contributed by atoms with van der Waals surface area (Å²) in [5, 5.41) is 10.9. The number of carbonyl (C=O) groups is 1. The molecule has 0 aromatic rings. The van der Waals surface area contributed by atoms with Gasteiger partial charge in [0.25, 0.3) is 0 Å². The fourth-order valence-electron chi connectivity index (χ4n) is 0.433. The summed E-state index contributed by atoms with van der Waals surface area (Å²) in [4.78, 5) is 10.1. The second-order valence-electron chi connectivity index (χ2n) is 1.44. The number of carboxylic acid groups (broad SMARTS) is 1. The van der Waals surface area contributed by atoms with E-state index >= 15 is 0 Å². The first-order chi connectivity index (χ1) is 3.72. The highest BCUT2D eigenvalue weighted by Gasteiger charge is 2.10. The number of likely N-dealkylation sites (N-methyl/N-ethyl adjacent to an activating group) is 1. The molecule has 1 atom stereocenters. The largest absolute Gasteiger partial charge is 0.481 e. The summed E-state index contributed by atoms with van der Waals surface area (Å²) in [5.74, 6) is -1.34. The van der Waals surface area contributed by atoms with E-state index in [1.165, 1.54) is 0 Å². The summed E-state index contributed by atoms with van der Waals surface area (Å²) in [6, 6.07) is 0. The molecule has 45 valence electrons. The van der Waals surface area contributed by atoms with Crippen LogP contribution in [0.2, 0.25) is 6.82 Å². The minimum atomic E-state index is -0.838. The van der Waals surface area contributed by atoms with E-state index in [1.54, 1.807) is 21.2 Å². The summed E-state index contributed by atoms with van der Waals surface area (Å²) in [7, 11) is 3.20. The number of nitrogens with one attached hydrogen (secondary N) is 1. The van der Waals surface area contributed by atoms with Gasteiger partial charge in [-0.1, -0.05) is 6.82 Å². The molecule has 8 heavy (non-hydrogen) atoms. The van der Waals surface area contributed by atoms with E-state index in [0.29, 0.717) is 0 Å². The predicted molar refractivity (Wildman–Crippen MR) is 32.1 cm³/mol. The Kier molecular flexibility index (Phi) is 3.27. The SMILES string of the molecule is C[B]C(NC)C(=O)O. The first kappa shape index (κ1) is 7.49. The van der Waals surface area contributed by atoms with Crippen LogP contribution < -0.4 is 5.32 Å². The van der Waals surface area contributed by atoms with Gasteiger partial charge in [-0.3, -0.25) is 4.79 Å². The fourth-order valence-corrected chi connectivity index (χ4v) is 0.433. The van der Waals surface area contributed by atoms with Gasteiger partial charge in [0, 0.05) is 0 Å². The van der Waals surface area contributed by atoms with Crippen molar-refractivity contribution in [1.29, 1.82) is 0 Å². The minimum absolute atomic E-state index is 0.505. The Morgan fingerprint density at radius 2 is 2.38 bits per heavy atom. The zero-order chi connectivity index (χ0) is 6.57. The van der Waals surface area contributed by atoms with Crippen LogP contribution in [-0.2, 0) is 4.79 Å². The van der Waals surface area contributed by atoms with Crippen molar-refractivity contribution in [3.05, 3.63) is 0 Å². The van der Waals surface area contributed by atoms with Gasteiger partial charge in [0.15, 0.2) is 0 Å². The van der Waals surface area contributed by atoms with Gasteiger partial charge in [0.2, 0.25) is 0 Å². The number of carboxylic acids is 1. The van der Waals surface area contributed by atoms with Gasteiger partial charge in [-0.25, -0.2) is 0 Å². The molecule has 3 nitrogen and oxygen atoms in total. The van der Waals surface area contributed by atoms with Crippen LogP contribution in [0.25, 0.3) is 0 Å². The first-order valence-corrected chi connectivity index (χ1v) is 2.42. The van der Waals surface area contributed by atoms with Gasteiger partial charge >= 0.3 is 5.97 Å². The molecule has 1 unspecified atom stereocenters. The molecule has 1 radical (unpaired) electrons. The van der Waals surface area contributed by atoms with Crippen LogP contribution >= 0.6 is 0 Å². The lowest BCUT2D eigenvalue weighted by Gasteiger charge is -2.04. The molecule has 0 saturated heterocycles. The van der Waals surface area contributed by atoms with E-state index in [9.17, 15) is 4.79 Å². The molecule has 0 rings (SSSR count). The quantitative estimate of drug-likeness (QED) is 0.480. The minimum Gasteiger partial charge on any atom is -0.481 e. The highest BCUT2D eigenvalue weighted by atomic mass is 16.4. The molecular weight excluding hydrogens is 105 g/mol. The number of rotatable bonds is 3. The summed E-state index contributed by atoms with van der Waals surface area (Å²) in [6.07, 6.45) is 0. The van der Waals surface area contributed by atoms with Crippen LogP contribution in [-0.4, -0.2) is 31.3 Å². The average Bonchev–Trinajstić information content (AvgIpc) is 1.69. The highest BCUT2D eigenvalue weighted by molar-refractivity contribution is 6.41. The van der Waals surface area contributed by atoms with E-state index < -0.39 is 11.9 Å². The number of aliphatic carboxylic acids is 1. The van der Waals surface area contributed by atoms with Crippen LogP contribution in [0.15, 0.2) is 0 Å². The molecule has 0 amide bonds. The van der Waals surface area contributed by atoms with Crippen molar-refractivity contribution < 1.29 is 9.90 Å². The van der Waals surface area contributed by atoms with Crippen LogP contribution in [0.3, 0.4) is 0 Å². The summed E-state index contributed by atoms with van der Waals surface area (Å²) in [6.45, 7) is 1.70. The maximum absolute atomic E-state index is 10.1. The lowest BCUT2D eigenvalue weighted by atomic mass is 9.73. The van der Waals surface area contributed by atoms with Gasteiger partial charge < -0.3 is 10.4 Å². The standard InChI is InChI=1S/C4H9BNO2/c1-5-3(6-2)4(7)8/h3,6H,1-2H3,(H,7,8). The molecule has 2 N–H and O–H groups in total. The molecular formula is C4H9BNO2. The smallest absolute Gasteiger partial charge is 0.311 e. The van der Waals surface area contributed by atoms with Crippen molar-refractivity contribution in [3.8, 4) is 0 Å². The topological polar surface area (TPSA) is 49.3 Å². The zero-order valence-corrected chi connectivity index (χ0v) is 5.01. The van der Waals surface area contributed by atoms with E-state index in [1.807, 2.05) is 0 Å². The Balaban J connectivity index is 3.52. The van der Waals surface area contributed by atoms with Crippen LogP contribution in [0, 0.1) is 0 Å². The monoisotopic (exact) mass is 114 g/mol. The van der Waals surface area contributed by atoms with Gasteiger partial charge in [-0.15, -0.1) is 0 Å². The van der Waals surface area contributed by atoms with Gasteiger partial charge in [-0.2, -0.15) is 0 Å². The Labute approximate surface area is 49.3 Å². The number of hydrogen-bond acceptors (Lipinski definition) is 2. The van der Waals surface area contributed by atoms with Crippen molar-refractivity contribution in [3.63, 3.8) is 0 Å². The van der Waals surface area contributed by atoms with Crippen LogP contribution in [0.4, 0.5) is 0 Å². The van der Waals surface area contributed by atoms with Crippen LogP contribution in [0.5, 0.6) is 0 Å². The molecule has 0 fully saturated rings. The Bertz CT molecular complexity index is 82.1. The van der Waals surface area contributed by atoms with E-state index in [2.05, 4.69) is 5.32 Å². The van der Waals surface area contributed by atoms with Crippen molar-refractivity contribution in [2.24, 2.45) is 0 Å². The lowest BCUT2D eigenvalue weighted by Crippen LogP contribution is -2.37. The molecule has 0 aliphatic carbocycles. The molecule has 4 heteroatoms. The third-order valence-electron chi connectivity index (χ3n) is 0.910. The van der Waals surface area contributed by atoms with Gasteiger partial charge in [0.05, 0.1) is 5.94 Å². The molecule has 0 saturated carbocycles. The van der Waals surface area contributed by atoms with E-state index in [0.717, 1.165) is 0 Å².